The Balaban J connectivity index is 1.58. The van der Waals surface area contributed by atoms with Gasteiger partial charge >= 0.3 is 5.97 Å². The first-order valence-corrected chi connectivity index (χ1v) is 9.44. The number of allylic oxidation sites excluding steroid dienone is 3. The van der Waals surface area contributed by atoms with Crippen molar-refractivity contribution in [3.05, 3.63) is 59.7 Å². The molecule has 0 spiro atoms. The van der Waals surface area contributed by atoms with Gasteiger partial charge in [0.15, 0.2) is 0 Å². The molecule has 4 heteroatoms. The highest BCUT2D eigenvalue weighted by molar-refractivity contribution is 6.23. The van der Waals surface area contributed by atoms with Gasteiger partial charge in [-0.05, 0) is 30.7 Å². The van der Waals surface area contributed by atoms with Crippen molar-refractivity contribution in [3.63, 3.8) is 0 Å². The third-order valence-electron chi connectivity index (χ3n) is 5.96. The number of rotatable bonds is 6. The Morgan fingerprint density at radius 3 is 2.84 bits per heavy atom. The van der Waals surface area contributed by atoms with Crippen LogP contribution in [0.3, 0.4) is 0 Å². The molecule has 0 radical (unpaired) electrons. The van der Waals surface area contributed by atoms with Gasteiger partial charge in [0.25, 0.3) is 0 Å². The molecule has 0 aromatic heterocycles. The van der Waals surface area contributed by atoms with Crippen LogP contribution in [0.2, 0.25) is 0 Å². The van der Waals surface area contributed by atoms with Gasteiger partial charge in [0.1, 0.15) is 0 Å². The molecule has 5 atom stereocenters. The van der Waals surface area contributed by atoms with E-state index in [1.165, 1.54) is 0 Å². The van der Waals surface area contributed by atoms with Crippen LogP contribution >= 0.6 is 11.6 Å². The van der Waals surface area contributed by atoms with E-state index in [4.69, 9.17) is 21.1 Å². The van der Waals surface area contributed by atoms with Crippen LogP contribution in [0.5, 0.6) is 0 Å². The lowest BCUT2D eigenvalue weighted by atomic mass is 9.70. The van der Waals surface area contributed by atoms with E-state index in [0.717, 1.165) is 17.6 Å². The van der Waals surface area contributed by atoms with Crippen molar-refractivity contribution in [3.8, 4) is 0 Å². The second kappa shape index (κ2) is 6.62. The van der Waals surface area contributed by atoms with Crippen molar-refractivity contribution in [1.82, 2.24) is 0 Å². The maximum Gasteiger partial charge on any atom is 0.334 e. The summed E-state index contributed by atoms with van der Waals surface area (Å²) in [6, 6.07) is 10.1. The van der Waals surface area contributed by atoms with E-state index in [2.05, 4.69) is 18.2 Å². The second-order valence-corrected chi connectivity index (χ2v) is 7.62. The fourth-order valence-electron chi connectivity index (χ4n) is 4.90. The first-order chi connectivity index (χ1) is 12.2. The summed E-state index contributed by atoms with van der Waals surface area (Å²) in [5, 5.41) is -0.109. The Hall–Kier alpha value is -1.58. The molecule has 4 rings (SSSR count). The Kier molecular flexibility index (Phi) is 4.47. The van der Waals surface area contributed by atoms with Crippen molar-refractivity contribution >= 4 is 17.6 Å². The summed E-state index contributed by atoms with van der Waals surface area (Å²) in [6.45, 7) is 3.20. The van der Waals surface area contributed by atoms with Crippen molar-refractivity contribution in [1.29, 1.82) is 0 Å². The lowest BCUT2D eigenvalue weighted by Gasteiger charge is -2.37. The van der Waals surface area contributed by atoms with Crippen molar-refractivity contribution in [2.45, 2.75) is 25.3 Å². The fraction of sp³-hybridized carbons (Fsp3) is 0.476. The summed E-state index contributed by atoms with van der Waals surface area (Å²) in [5.41, 5.74) is 1.42. The number of hydrogen-bond acceptors (Lipinski definition) is 3. The van der Waals surface area contributed by atoms with Gasteiger partial charge in [-0.1, -0.05) is 48.6 Å². The van der Waals surface area contributed by atoms with Gasteiger partial charge in [-0.2, -0.15) is 0 Å². The molecule has 3 aliphatic rings. The minimum Gasteiger partial charge on any atom is -0.463 e. The highest BCUT2D eigenvalue weighted by Gasteiger charge is 2.66. The molecule has 1 fully saturated rings. The summed E-state index contributed by atoms with van der Waals surface area (Å²) >= 11 is 6.88. The van der Waals surface area contributed by atoms with Crippen molar-refractivity contribution < 1.29 is 14.3 Å². The molecule has 2 bridgehead atoms. The quantitative estimate of drug-likeness (QED) is 0.436. The van der Waals surface area contributed by atoms with E-state index >= 15 is 0 Å². The van der Waals surface area contributed by atoms with Gasteiger partial charge in [0.05, 0.1) is 25.2 Å². The molecule has 0 aliphatic heterocycles. The first kappa shape index (κ1) is 16.9. The summed E-state index contributed by atoms with van der Waals surface area (Å²) in [7, 11) is 0. The van der Waals surface area contributed by atoms with Gasteiger partial charge in [0.2, 0.25) is 0 Å². The second-order valence-electron chi connectivity index (χ2n) is 7.15. The zero-order valence-corrected chi connectivity index (χ0v) is 15.1. The summed E-state index contributed by atoms with van der Waals surface area (Å²) in [5.74, 6) is 0.718. The van der Waals surface area contributed by atoms with Crippen LogP contribution in [0.15, 0.2) is 54.1 Å². The van der Waals surface area contributed by atoms with Crippen LogP contribution < -0.4 is 0 Å². The molecule has 1 aromatic carbocycles. The number of carbonyl (C=O) groups excluding carboxylic acids is 1. The Labute approximate surface area is 153 Å². The molecule has 3 aliphatic carbocycles. The van der Waals surface area contributed by atoms with Crippen LogP contribution in [0.4, 0.5) is 0 Å². The monoisotopic (exact) mass is 358 g/mol. The standard InChI is InChI=1S/C21H23ClO3/c1-2-25-20(23)18-11-16-15-9-6-10-17(15)21(18,19(16)22)13-24-12-14-7-4-3-5-8-14/h3-9,11,15-17,19H,2,10,12-13H2,1H3/t15-,16+,17-,19-,21+/m1/s1. The summed E-state index contributed by atoms with van der Waals surface area (Å²) in [6.07, 6.45) is 7.50. The number of hydrogen-bond donors (Lipinski definition) is 0. The molecule has 25 heavy (non-hydrogen) atoms. The molecular weight excluding hydrogens is 336 g/mol. The predicted octanol–water partition coefficient (Wildman–Crippen LogP) is 4.12. The number of esters is 1. The number of benzene rings is 1. The predicted molar refractivity (Wildman–Crippen MR) is 97.1 cm³/mol. The molecule has 1 aromatic rings. The average molecular weight is 359 g/mol. The molecule has 132 valence electrons. The Bertz CT molecular complexity index is 711. The molecule has 0 saturated heterocycles. The van der Waals surface area contributed by atoms with Crippen LogP contribution in [-0.2, 0) is 20.9 Å². The third kappa shape index (κ3) is 2.56. The van der Waals surface area contributed by atoms with Gasteiger partial charge in [-0.25, -0.2) is 4.79 Å². The maximum absolute atomic E-state index is 12.6. The Morgan fingerprint density at radius 2 is 2.08 bits per heavy atom. The topological polar surface area (TPSA) is 35.5 Å². The first-order valence-electron chi connectivity index (χ1n) is 9.00. The number of carbonyl (C=O) groups is 1. The number of ether oxygens (including phenoxy) is 2. The average Bonchev–Trinajstić information content (AvgIpc) is 3.26. The van der Waals surface area contributed by atoms with E-state index in [9.17, 15) is 4.79 Å². The van der Waals surface area contributed by atoms with Crippen LogP contribution in [0, 0.1) is 23.2 Å². The van der Waals surface area contributed by atoms with Crippen LogP contribution in [0.1, 0.15) is 18.9 Å². The SMILES string of the molecule is CCOC(=O)C1=C[C@H]2[C@H]3C=CC[C@H]3[C@]1(COCc1ccccc1)[C@@H]2Cl. The minimum absolute atomic E-state index is 0.109. The number of fused-ring (bicyclic) bond motifs is 5. The molecule has 0 unspecified atom stereocenters. The highest BCUT2D eigenvalue weighted by Crippen LogP contribution is 2.65. The van der Waals surface area contributed by atoms with E-state index in [1.54, 1.807) is 0 Å². The van der Waals surface area contributed by atoms with Gasteiger partial charge in [-0.3, -0.25) is 0 Å². The van der Waals surface area contributed by atoms with E-state index in [1.807, 2.05) is 37.3 Å². The smallest absolute Gasteiger partial charge is 0.334 e. The van der Waals surface area contributed by atoms with Crippen LogP contribution in [-0.4, -0.2) is 24.6 Å². The fourth-order valence-corrected chi connectivity index (χ4v) is 5.48. The Morgan fingerprint density at radius 1 is 1.28 bits per heavy atom. The maximum atomic E-state index is 12.6. The number of halogens is 1. The van der Waals surface area contributed by atoms with Crippen molar-refractivity contribution in [2.75, 3.05) is 13.2 Å². The summed E-state index contributed by atoms with van der Waals surface area (Å²) in [4.78, 5) is 12.6. The number of alkyl halides is 1. The molecule has 0 heterocycles. The molecule has 3 nitrogen and oxygen atoms in total. The zero-order chi connectivity index (χ0) is 17.4. The summed E-state index contributed by atoms with van der Waals surface area (Å²) < 4.78 is 11.4. The largest absolute Gasteiger partial charge is 0.463 e. The van der Waals surface area contributed by atoms with Gasteiger partial charge in [-0.15, -0.1) is 11.6 Å². The van der Waals surface area contributed by atoms with Gasteiger partial charge in [0, 0.05) is 16.9 Å². The lowest BCUT2D eigenvalue weighted by molar-refractivity contribution is -0.141. The highest BCUT2D eigenvalue weighted by atomic mass is 35.5. The van der Waals surface area contributed by atoms with Crippen molar-refractivity contribution in [2.24, 2.45) is 23.2 Å². The van der Waals surface area contributed by atoms with E-state index in [0.29, 0.717) is 31.7 Å². The molecule has 0 N–H and O–H groups in total. The van der Waals surface area contributed by atoms with E-state index < -0.39 is 5.41 Å². The third-order valence-corrected chi connectivity index (χ3v) is 6.64. The normalized spacial score (nSPS) is 34.9. The molecule has 0 amide bonds. The zero-order valence-electron chi connectivity index (χ0n) is 14.4. The molecular formula is C21H23ClO3. The van der Waals surface area contributed by atoms with Crippen LogP contribution in [0.25, 0.3) is 0 Å². The molecule has 1 saturated carbocycles. The van der Waals surface area contributed by atoms with E-state index in [-0.39, 0.29) is 17.3 Å². The minimum atomic E-state index is -0.443. The van der Waals surface area contributed by atoms with Gasteiger partial charge < -0.3 is 9.47 Å². The lowest BCUT2D eigenvalue weighted by Crippen LogP contribution is -2.41.